The Kier molecular flexibility index (Phi) is 3.94. The fourth-order valence-corrected chi connectivity index (χ4v) is 1.74. The Morgan fingerprint density at radius 2 is 2.06 bits per heavy atom. The third-order valence-corrected chi connectivity index (χ3v) is 2.97. The smallest absolute Gasteiger partial charge is 0.329 e. The van der Waals surface area contributed by atoms with Crippen LogP contribution in [0.4, 0.5) is 0 Å². The highest BCUT2D eigenvalue weighted by Gasteiger charge is 2.17. The molecule has 1 fully saturated rings. The number of hydrogen-bond acceptors (Lipinski definition) is 3. The Morgan fingerprint density at radius 1 is 1.31 bits per heavy atom. The number of hydroxylamine groups is 1. The molecule has 3 nitrogen and oxygen atoms in total. The number of carbonyl (C=O) groups is 1. The van der Waals surface area contributed by atoms with Crippen molar-refractivity contribution < 1.29 is 9.63 Å². The molecule has 3 heteroatoms. The lowest BCUT2D eigenvalue weighted by molar-refractivity contribution is -0.151. The van der Waals surface area contributed by atoms with Crippen molar-refractivity contribution in [2.75, 3.05) is 6.54 Å². The van der Waals surface area contributed by atoms with Gasteiger partial charge in [-0.25, -0.2) is 0 Å². The molecule has 1 N–H and O–H groups in total. The average molecular weight is 219 g/mol. The normalized spacial score (nSPS) is 15.5. The summed E-state index contributed by atoms with van der Waals surface area (Å²) in [5.74, 6) is 0.482. The number of nitrogens with one attached hydrogen (secondary N) is 1. The van der Waals surface area contributed by atoms with Gasteiger partial charge in [-0.1, -0.05) is 36.8 Å². The van der Waals surface area contributed by atoms with Gasteiger partial charge in [-0.2, -0.15) is 5.48 Å². The van der Waals surface area contributed by atoms with Gasteiger partial charge in [0.2, 0.25) is 0 Å². The third kappa shape index (κ3) is 3.35. The lowest BCUT2D eigenvalue weighted by Gasteiger charge is -2.24. The van der Waals surface area contributed by atoms with Gasteiger partial charge >= 0.3 is 5.97 Å². The van der Waals surface area contributed by atoms with E-state index in [2.05, 4.69) is 5.48 Å². The fourth-order valence-electron chi connectivity index (χ4n) is 1.74. The quantitative estimate of drug-likeness (QED) is 0.770. The number of hydrogen-bond donors (Lipinski definition) is 1. The van der Waals surface area contributed by atoms with Crippen LogP contribution in [0.1, 0.15) is 24.8 Å². The molecule has 1 saturated carbocycles. The maximum Gasteiger partial charge on any atom is 0.329 e. The molecule has 0 saturated heterocycles. The zero-order chi connectivity index (χ0) is 11.2. The van der Waals surface area contributed by atoms with Gasteiger partial charge in [0.1, 0.15) is 0 Å². The molecule has 16 heavy (non-hydrogen) atoms. The van der Waals surface area contributed by atoms with E-state index >= 15 is 0 Å². The Hall–Kier alpha value is -1.35. The molecule has 1 aliphatic carbocycles. The van der Waals surface area contributed by atoms with E-state index in [0.29, 0.717) is 12.3 Å². The largest absolute Gasteiger partial charge is 0.370 e. The predicted molar refractivity (Wildman–Crippen MR) is 61.6 cm³/mol. The van der Waals surface area contributed by atoms with E-state index in [0.717, 1.165) is 12.1 Å². The van der Waals surface area contributed by atoms with E-state index in [1.807, 2.05) is 30.3 Å². The van der Waals surface area contributed by atoms with E-state index < -0.39 is 0 Å². The van der Waals surface area contributed by atoms with Crippen LogP contribution in [0.15, 0.2) is 30.3 Å². The molecule has 1 aromatic rings. The van der Waals surface area contributed by atoms with Crippen molar-refractivity contribution in [1.29, 1.82) is 0 Å². The van der Waals surface area contributed by atoms with Gasteiger partial charge in [0.05, 0.1) is 6.42 Å². The van der Waals surface area contributed by atoms with E-state index in [1.54, 1.807) is 0 Å². The number of rotatable bonds is 5. The summed E-state index contributed by atoms with van der Waals surface area (Å²) < 4.78 is 0. The zero-order valence-corrected chi connectivity index (χ0v) is 9.32. The molecule has 0 unspecified atom stereocenters. The summed E-state index contributed by atoms with van der Waals surface area (Å²) in [6.45, 7) is 0.792. The first-order valence-electron chi connectivity index (χ1n) is 5.81. The summed E-state index contributed by atoms with van der Waals surface area (Å²) in [4.78, 5) is 16.4. The van der Waals surface area contributed by atoms with Crippen LogP contribution in [0.25, 0.3) is 0 Å². The Balaban J connectivity index is 1.64. The van der Waals surface area contributed by atoms with Crippen LogP contribution in [0.5, 0.6) is 0 Å². The van der Waals surface area contributed by atoms with Crippen LogP contribution < -0.4 is 5.48 Å². The summed E-state index contributed by atoms with van der Waals surface area (Å²) in [5, 5.41) is 0. The second-order valence-electron chi connectivity index (χ2n) is 4.28. The van der Waals surface area contributed by atoms with Crippen LogP contribution >= 0.6 is 0 Å². The summed E-state index contributed by atoms with van der Waals surface area (Å²) in [5.41, 5.74) is 3.74. The molecule has 0 amide bonds. The first kappa shape index (κ1) is 11.1. The van der Waals surface area contributed by atoms with Crippen molar-refractivity contribution in [2.45, 2.75) is 25.7 Å². The summed E-state index contributed by atoms with van der Waals surface area (Å²) >= 11 is 0. The molecular formula is C13H17NO2. The molecule has 2 rings (SSSR count). The van der Waals surface area contributed by atoms with Gasteiger partial charge in [-0.3, -0.25) is 4.79 Å². The van der Waals surface area contributed by atoms with Crippen molar-refractivity contribution in [1.82, 2.24) is 5.48 Å². The number of benzene rings is 1. The van der Waals surface area contributed by atoms with Crippen molar-refractivity contribution in [3.63, 3.8) is 0 Å². The summed E-state index contributed by atoms with van der Waals surface area (Å²) in [7, 11) is 0. The number of carbonyl (C=O) groups excluding carboxylic acids is 1. The van der Waals surface area contributed by atoms with Gasteiger partial charge in [0.25, 0.3) is 0 Å². The Morgan fingerprint density at radius 3 is 2.69 bits per heavy atom. The van der Waals surface area contributed by atoms with Crippen LogP contribution in [-0.4, -0.2) is 12.5 Å². The first-order valence-corrected chi connectivity index (χ1v) is 5.81. The van der Waals surface area contributed by atoms with Crippen LogP contribution in [0.3, 0.4) is 0 Å². The molecular weight excluding hydrogens is 202 g/mol. The molecule has 86 valence electrons. The Labute approximate surface area is 95.8 Å². The van der Waals surface area contributed by atoms with Crippen molar-refractivity contribution in [3.8, 4) is 0 Å². The maximum absolute atomic E-state index is 11.4. The van der Waals surface area contributed by atoms with E-state index in [4.69, 9.17) is 4.84 Å². The van der Waals surface area contributed by atoms with Crippen LogP contribution in [0, 0.1) is 5.92 Å². The zero-order valence-electron chi connectivity index (χ0n) is 9.32. The van der Waals surface area contributed by atoms with Gasteiger partial charge in [-0.15, -0.1) is 0 Å². The SMILES string of the molecule is O=C(Cc1ccccc1)ONCC1CCC1. The van der Waals surface area contributed by atoms with Gasteiger partial charge in [0, 0.05) is 6.54 Å². The topological polar surface area (TPSA) is 38.3 Å². The highest BCUT2D eigenvalue weighted by Crippen LogP contribution is 2.25. The standard InChI is InChI=1S/C13H17NO2/c15-13(9-11-5-2-1-3-6-11)16-14-10-12-7-4-8-12/h1-3,5-6,12,14H,4,7-10H2. The first-order chi connectivity index (χ1) is 7.84. The second kappa shape index (κ2) is 5.66. The molecule has 1 aromatic carbocycles. The average Bonchev–Trinajstić information content (AvgIpc) is 2.23. The highest BCUT2D eigenvalue weighted by molar-refractivity contribution is 5.72. The molecule has 0 bridgehead atoms. The highest BCUT2D eigenvalue weighted by atomic mass is 16.7. The molecule has 1 aliphatic rings. The predicted octanol–water partition coefficient (Wildman–Crippen LogP) is 2.08. The fraction of sp³-hybridized carbons (Fsp3) is 0.462. The minimum atomic E-state index is -0.217. The van der Waals surface area contributed by atoms with Crippen LogP contribution in [0.2, 0.25) is 0 Å². The molecule has 0 spiro atoms. The molecule has 0 atom stereocenters. The van der Waals surface area contributed by atoms with Crippen molar-refractivity contribution in [3.05, 3.63) is 35.9 Å². The van der Waals surface area contributed by atoms with Crippen molar-refractivity contribution in [2.24, 2.45) is 5.92 Å². The molecule has 0 radical (unpaired) electrons. The van der Waals surface area contributed by atoms with E-state index in [-0.39, 0.29) is 5.97 Å². The minimum Gasteiger partial charge on any atom is -0.370 e. The lowest BCUT2D eigenvalue weighted by Crippen LogP contribution is -2.30. The second-order valence-corrected chi connectivity index (χ2v) is 4.28. The van der Waals surface area contributed by atoms with Gasteiger partial charge in [-0.05, 0) is 24.3 Å². The van der Waals surface area contributed by atoms with Gasteiger partial charge < -0.3 is 4.84 Å². The lowest BCUT2D eigenvalue weighted by atomic mass is 9.86. The molecule has 0 aliphatic heterocycles. The Bertz CT molecular complexity index is 333. The molecule has 0 heterocycles. The monoisotopic (exact) mass is 219 g/mol. The van der Waals surface area contributed by atoms with Crippen molar-refractivity contribution >= 4 is 5.97 Å². The van der Waals surface area contributed by atoms with Gasteiger partial charge in [0.15, 0.2) is 0 Å². The summed E-state index contributed by atoms with van der Waals surface area (Å²) in [6, 6.07) is 9.62. The third-order valence-electron chi connectivity index (χ3n) is 2.97. The molecule has 0 aromatic heterocycles. The minimum absolute atomic E-state index is 0.217. The van der Waals surface area contributed by atoms with Crippen LogP contribution in [-0.2, 0) is 16.1 Å². The van der Waals surface area contributed by atoms with E-state index in [1.165, 1.54) is 19.3 Å². The van der Waals surface area contributed by atoms with E-state index in [9.17, 15) is 4.79 Å². The summed E-state index contributed by atoms with van der Waals surface area (Å²) in [6.07, 6.45) is 4.15. The maximum atomic E-state index is 11.4.